The van der Waals surface area contributed by atoms with Gasteiger partial charge < -0.3 is 25.8 Å². The van der Waals surface area contributed by atoms with E-state index in [1.165, 1.54) is 0 Å². The van der Waals surface area contributed by atoms with Gasteiger partial charge in [0.15, 0.2) is 0 Å². The minimum absolute atomic E-state index is 0.139. The van der Waals surface area contributed by atoms with Crippen molar-refractivity contribution in [2.75, 3.05) is 49.4 Å². The molecule has 0 saturated carbocycles. The van der Waals surface area contributed by atoms with Gasteiger partial charge in [-0.25, -0.2) is 0 Å². The number of nitrogens with one attached hydrogen (secondary N) is 1. The maximum atomic E-state index is 9.91. The van der Waals surface area contributed by atoms with E-state index in [2.05, 4.69) is 34.0 Å². The molecule has 0 bridgehead atoms. The number of nitrogens with zero attached hydrogens (tertiary/aromatic N) is 3. The monoisotopic (exact) mass is 323 g/mol. The summed E-state index contributed by atoms with van der Waals surface area (Å²) in [6.45, 7) is 6.59. The SMILES string of the molecule is COCCC1(CO)CCCN(c2cc(NC(C)C)nc(N)n2)C1. The summed E-state index contributed by atoms with van der Waals surface area (Å²) in [5.74, 6) is 1.82. The van der Waals surface area contributed by atoms with Crippen LogP contribution >= 0.6 is 0 Å². The molecule has 1 aromatic rings. The maximum Gasteiger partial charge on any atom is 0.223 e. The molecule has 0 amide bonds. The highest BCUT2D eigenvalue weighted by Crippen LogP contribution is 2.35. The van der Waals surface area contributed by atoms with Gasteiger partial charge in [0.1, 0.15) is 11.6 Å². The van der Waals surface area contributed by atoms with E-state index in [1.807, 2.05) is 6.07 Å². The molecular formula is C16H29N5O2. The number of nitrogen functional groups attached to an aromatic ring is 1. The molecule has 0 spiro atoms. The van der Waals surface area contributed by atoms with E-state index < -0.39 is 0 Å². The lowest BCUT2D eigenvalue weighted by atomic mass is 9.78. The van der Waals surface area contributed by atoms with Crippen molar-refractivity contribution in [2.24, 2.45) is 5.41 Å². The molecule has 1 fully saturated rings. The molecule has 0 radical (unpaired) electrons. The summed E-state index contributed by atoms with van der Waals surface area (Å²) in [4.78, 5) is 10.8. The third kappa shape index (κ3) is 4.68. The number of aromatic nitrogens is 2. The first-order valence-corrected chi connectivity index (χ1v) is 8.24. The first-order valence-electron chi connectivity index (χ1n) is 8.24. The van der Waals surface area contributed by atoms with Crippen LogP contribution in [-0.2, 0) is 4.74 Å². The van der Waals surface area contributed by atoms with Crippen LogP contribution in [0, 0.1) is 5.41 Å². The second kappa shape index (κ2) is 7.79. The van der Waals surface area contributed by atoms with Crippen molar-refractivity contribution >= 4 is 17.6 Å². The Morgan fingerprint density at radius 2 is 2.26 bits per heavy atom. The van der Waals surface area contributed by atoms with Crippen molar-refractivity contribution in [3.63, 3.8) is 0 Å². The minimum Gasteiger partial charge on any atom is -0.396 e. The lowest BCUT2D eigenvalue weighted by molar-refractivity contribution is 0.0624. The summed E-state index contributed by atoms with van der Waals surface area (Å²) < 4.78 is 5.21. The molecule has 1 aromatic heterocycles. The zero-order valence-corrected chi connectivity index (χ0v) is 14.4. The van der Waals surface area contributed by atoms with Crippen molar-refractivity contribution in [3.05, 3.63) is 6.07 Å². The predicted octanol–water partition coefficient (Wildman–Crippen LogP) is 1.49. The number of nitrogens with two attached hydrogens (primary N) is 1. The normalized spacial score (nSPS) is 21.7. The smallest absolute Gasteiger partial charge is 0.223 e. The van der Waals surface area contributed by atoms with E-state index >= 15 is 0 Å². The Morgan fingerprint density at radius 1 is 1.48 bits per heavy atom. The number of hydrogen-bond acceptors (Lipinski definition) is 7. The highest BCUT2D eigenvalue weighted by Gasteiger charge is 2.35. The topological polar surface area (TPSA) is 96.5 Å². The Hall–Kier alpha value is -1.60. The van der Waals surface area contributed by atoms with Gasteiger partial charge in [0.2, 0.25) is 5.95 Å². The van der Waals surface area contributed by atoms with Crippen LogP contribution < -0.4 is 16.0 Å². The van der Waals surface area contributed by atoms with E-state index in [1.54, 1.807) is 7.11 Å². The summed E-state index contributed by atoms with van der Waals surface area (Å²) in [5, 5.41) is 13.2. The molecule has 4 N–H and O–H groups in total. The van der Waals surface area contributed by atoms with Crippen molar-refractivity contribution in [2.45, 2.75) is 39.2 Å². The number of piperidine rings is 1. The minimum atomic E-state index is -0.139. The number of rotatable bonds is 7. The fourth-order valence-corrected chi connectivity index (χ4v) is 3.12. The second-order valence-electron chi connectivity index (χ2n) is 6.69. The summed E-state index contributed by atoms with van der Waals surface area (Å²) in [7, 11) is 1.70. The first-order chi connectivity index (χ1) is 11.0. The molecule has 1 aliphatic rings. The van der Waals surface area contributed by atoms with Crippen LogP contribution in [0.15, 0.2) is 6.07 Å². The Kier molecular flexibility index (Phi) is 6.01. The Bertz CT molecular complexity index is 511. The third-order valence-corrected chi connectivity index (χ3v) is 4.32. The number of aliphatic hydroxyl groups is 1. The Morgan fingerprint density at radius 3 is 2.91 bits per heavy atom. The van der Waals surface area contributed by atoms with Crippen molar-refractivity contribution < 1.29 is 9.84 Å². The molecule has 0 aliphatic carbocycles. The van der Waals surface area contributed by atoms with E-state index in [9.17, 15) is 5.11 Å². The van der Waals surface area contributed by atoms with E-state index in [0.29, 0.717) is 6.61 Å². The van der Waals surface area contributed by atoms with Gasteiger partial charge in [0, 0.05) is 44.3 Å². The molecule has 2 rings (SSSR count). The average Bonchev–Trinajstić information content (AvgIpc) is 2.52. The van der Waals surface area contributed by atoms with Gasteiger partial charge in [-0.2, -0.15) is 9.97 Å². The van der Waals surface area contributed by atoms with Gasteiger partial charge in [-0.1, -0.05) is 0 Å². The lowest BCUT2D eigenvalue weighted by Crippen LogP contribution is -2.46. The fourth-order valence-electron chi connectivity index (χ4n) is 3.12. The summed E-state index contributed by atoms with van der Waals surface area (Å²) in [6.07, 6.45) is 2.86. The molecule has 1 atom stereocenters. The number of ether oxygens (including phenoxy) is 1. The summed E-state index contributed by atoms with van der Waals surface area (Å²) in [5.41, 5.74) is 5.72. The number of anilines is 3. The van der Waals surface area contributed by atoms with Gasteiger partial charge in [-0.3, -0.25) is 0 Å². The summed E-state index contributed by atoms with van der Waals surface area (Å²) >= 11 is 0. The average molecular weight is 323 g/mol. The Balaban J connectivity index is 2.18. The van der Waals surface area contributed by atoms with Gasteiger partial charge >= 0.3 is 0 Å². The van der Waals surface area contributed by atoms with Crippen LogP contribution in [0.25, 0.3) is 0 Å². The molecule has 1 aliphatic heterocycles. The van der Waals surface area contributed by atoms with E-state index in [0.717, 1.165) is 44.0 Å². The molecule has 0 aromatic carbocycles. The zero-order valence-electron chi connectivity index (χ0n) is 14.4. The fraction of sp³-hybridized carbons (Fsp3) is 0.750. The van der Waals surface area contributed by atoms with Crippen LogP contribution in [-0.4, -0.2) is 54.5 Å². The van der Waals surface area contributed by atoms with Crippen molar-refractivity contribution in [1.29, 1.82) is 0 Å². The number of hydrogen-bond donors (Lipinski definition) is 3. The highest BCUT2D eigenvalue weighted by atomic mass is 16.5. The molecule has 2 heterocycles. The van der Waals surface area contributed by atoms with E-state index in [-0.39, 0.29) is 24.0 Å². The number of methoxy groups -OCH3 is 1. The second-order valence-corrected chi connectivity index (χ2v) is 6.69. The first kappa shape index (κ1) is 17.7. The van der Waals surface area contributed by atoms with Gasteiger partial charge in [0.25, 0.3) is 0 Å². The van der Waals surface area contributed by atoms with Crippen LogP contribution in [0.2, 0.25) is 0 Å². The molecule has 130 valence electrons. The number of aliphatic hydroxyl groups excluding tert-OH is 1. The molecular weight excluding hydrogens is 294 g/mol. The van der Waals surface area contributed by atoms with Gasteiger partial charge in [-0.05, 0) is 33.1 Å². The highest BCUT2D eigenvalue weighted by molar-refractivity contribution is 5.53. The zero-order chi connectivity index (χ0) is 16.9. The van der Waals surface area contributed by atoms with Gasteiger partial charge in [-0.15, -0.1) is 0 Å². The molecule has 23 heavy (non-hydrogen) atoms. The van der Waals surface area contributed by atoms with Crippen molar-refractivity contribution in [3.8, 4) is 0 Å². The van der Waals surface area contributed by atoms with Crippen LogP contribution in [0.4, 0.5) is 17.6 Å². The van der Waals surface area contributed by atoms with Crippen LogP contribution in [0.5, 0.6) is 0 Å². The molecule has 7 heteroatoms. The largest absolute Gasteiger partial charge is 0.396 e. The maximum absolute atomic E-state index is 9.91. The molecule has 7 nitrogen and oxygen atoms in total. The van der Waals surface area contributed by atoms with Gasteiger partial charge in [0.05, 0.1) is 6.61 Å². The Labute approximate surface area is 138 Å². The standard InChI is InChI=1S/C16H29N5O2/c1-12(2)18-13-9-14(20-15(17)19-13)21-7-4-5-16(10-21,11-22)6-8-23-3/h9,12,22H,4-8,10-11H2,1-3H3,(H3,17,18,19,20). The molecule has 1 saturated heterocycles. The van der Waals surface area contributed by atoms with Crippen LogP contribution in [0.3, 0.4) is 0 Å². The van der Waals surface area contributed by atoms with Crippen LogP contribution in [0.1, 0.15) is 33.1 Å². The van der Waals surface area contributed by atoms with Crippen molar-refractivity contribution in [1.82, 2.24) is 9.97 Å². The molecule has 1 unspecified atom stereocenters. The predicted molar refractivity (Wildman–Crippen MR) is 92.7 cm³/mol. The lowest BCUT2D eigenvalue weighted by Gasteiger charge is -2.42. The quantitative estimate of drug-likeness (QED) is 0.699. The summed E-state index contributed by atoms with van der Waals surface area (Å²) in [6, 6.07) is 2.21. The third-order valence-electron chi connectivity index (χ3n) is 4.32. The van der Waals surface area contributed by atoms with E-state index in [4.69, 9.17) is 10.5 Å².